The van der Waals surface area contributed by atoms with Crippen LogP contribution in [-0.4, -0.2) is 17.0 Å². The van der Waals surface area contributed by atoms with Crippen LogP contribution in [0.2, 0.25) is 0 Å². The summed E-state index contributed by atoms with van der Waals surface area (Å²) in [5.74, 6) is -1.09. The molecule has 1 aliphatic rings. The number of benzene rings is 2. The molecule has 0 radical (unpaired) electrons. The van der Waals surface area contributed by atoms with Gasteiger partial charge in [0.25, 0.3) is 5.91 Å². The van der Waals surface area contributed by atoms with Gasteiger partial charge >= 0.3 is 5.97 Å². The lowest BCUT2D eigenvalue weighted by Crippen LogP contribution is -2.20. The summed E-state index contributed by atoms with van der Waals surface area (Å²) < 4.78 is 5.68. The first kappa shape index (κ1) is 17.2. The van der Waals surface area contributed by atoms with Crippen molar-refractivity contribution >= 4 is 17.6 Å². The van der Waals surface area contributed by atoms with E-state index in [-0.39, 0.29) is 17.6 Å². The summed E-state index contributed by atoms with van der Waals surface area (Å²) in [6.45, 7) is 0. The SMILES string of the molecule is N#CC1CCC(C(=O)O)=C1C(=O)Nc1ccc(Oc2ccccc2)cc1. The van der Waals surface area contributed by atoms with Gasteiger partial charge in [0, 0.05) is 16.8 Å². The maximum absolute atomic E-state index is 12.5. The third-order valence-electron chi connectivity index (χ3n) is 4.11. The number of hydrogen-bond acceptors (Lipinski definition) is 4. The maximum atomic E-state index is 12.5. The number of amides is 1. The molecule has 0 saturated heterocycles. The van der Waals surface area contributed by atoms with Gasteiger partial charge in [-0.25, -0.2) is 4.79 Å². The summed E-state index contributed by atoms with van der Waals surface area (Å²) in [6.07, 6.45) is 0.574. The lowest BCUT2D eigenvalue weighted by molar-refractivity contribution is -0.133. The summed E-state index contributed by atoms with van der Waals surface area (Å²) in [5, 5.41) is 21.0. The first-order chi connectivity index (χ1) is 12.6. The van der Waals surface area contributed by atoms with Crippen LogP contribution < -0.4 is 10.1 Å². The molecule has 2 N–H and O–H groups in total. The summed E-state index contributed by atoms with van der Waals surface area (Å²) in [5.41, 5.74) is 0.555. The first-order valence-corrected chi connectivity index (χ1v) is 8.08. The molecule has 1 atom stereocenters. The lowest BCUT2D eigenvalue weighted by atomic mass is 10.0. The number of ether oxygens (including phenoxy) is 1. The van der Waals surface area contributed by atoms with Gasteiger partial charge < -0.3 is 15.2 Å². The van der Waals surface area contributed by atoms with Crippen LogP contribution in [0.1, 0.15) is 12.8 Å². The highest BCUT2D eigenvalue weighted by molar-refractivity contribution is 6.10. The molecule has 0 aliphatic heterocycles. The van der Waals surface area contributed by atoms with Crippen molar-refractivity contribution in [2.24, 2.45) is 5.92 Å². The predicted molar refractivity (Wildman–Crippen MR) is 94.6 cm³/mol. The number of nitrogens with one attached hydrogen (secondary N) is 1. The number of carboxylic acids is 1. The molecule has 1 aliphatic carbocycles. The lowest BCUT2D eigenvalue weighted by Gasteiger charge is -2.11. The average molecular weight is 348 g/mol. The van der Waals surface area contributed by atoms with Crippen LogP contribution in [0.15, 0.2) is 65.7 Å². The Morgan fingerprint density at radius 3 is 2.35 bits per heavy atom. The number of hydrogen-bond donors (Lipinski definition) is 2. The van der Waals surface area contributed by atoms with E-state index in [1.807, 2.05) is 36.4 Å². The highest BCUT2D eigenvalue weighted by Crippen LogP contribution is 2.33. The van der Waals surface area contributed by atoms with E-state index in [1.165, 1.54) is 0 Å². The fourth-order valence-corrected chi connectivity index (χ4v) is 2.85. The van der Waals surface area contributed by atoms with Crippen LogP contribution in [0, 0.1) is 17.2 Å². The first-order valence-electron chi connectivity index (χ1n) is 8.08. The molecule has 0 aromatic heterocycles. The van der Waals surface area contributed by atoms with Crippen LogP contribution in [0.5, 0.6) is 11.5 Å². The number of nitriles is 1. The summed E-state index contributed by atoms with van der Waals surface area (Å²) in [4.78, 5) is 23.7. The Hall–Kier alpha value is -3.59. The highest BCUT2D eigenvalue weighted by atomic mass is 16.5. The fraction of sp³-hybridized carbons (Fsp3) is 0.150. The Balaban J connectivity index is 1.72. The second kappa shape index (κ2) is 7.53. The summed E-state index contributed by atoms with van der Waals surface area (Å²) >= 11 is 0. The summed E-state index contributed by atoms with van der Waals surface area (Å²) in [6, 6.07) is 18.0. The topological polar surface area (TPSA) is 99.4 Å². The van der Waals surface area contributed by atoms with Gasteiger partial charge in [-0.3, -0.25) is 4.79 Å². The largest absolute Gasteiger partial charge is 0.478 e. The van der Waals surface area contributed by atoms with Gasteiger partial charge in [0.1, 0.15) is 11.5 Å². The molecule has 130 valence electrons. The number of para-hydroxylation sites is 1. The van der Waals surface area contributed by atoms with E-state index in [0.29, 0.717) is 23.6 Å². The van der Waals surface area contributed by atoms with Crippen LogP contribution in [0.3, 0.4) is 0 Å². The second-order valence-corrected chi connectivity index (χ2v) is 5.81. The highest BCUT2D eigenvalue weighted by Gasteiger charge is 2.33. The normalized spacial score (nSPS) is 16.0. The Morgan fingerprint density at radius 1 is 1.08 bits per heavy atom. The van der Waals surface area contributed by atoms with Crippen molar-refractivity contribution in [3.63, 3.8) is 0 Å². The van der Waals surface area contributed by atoms with Crippen molar-refractivity contribution in [2.75, 3.05) is 5.32 Å². The zero-order valence-electron chi connectivity index (χ0n) is 13.8. The van der Waals surface area contributed by atoms with Gasteiger partial charge in [0.15, 0.2) is 0 Å². The van der Waals surface area contributed by atoms with Crippen molar-refractivity contribution in [1.82, 2.24) is 0 Å². The molecule has 0 heterocycles. The van der Waals surface area contributed by atoms with Gasteiger partial charge in [-0.1, -0.05) is 18.2 Å². The Morgan fingerprint density at radius 2 is 1.73 bits per heavy atom. The molecule has 2 aromatic rings. The molecule has 1 amide bonds. The number of nitrogens with zero attached hydrogens (tertiary/aromatic N) is 1. The van der Waals surface area contributed by atoms with E-state index in [0.717, 1.165) is 0 Å². The molecule has 6 heteroatoms. The predicted octanol–water partition coefficient (Wildman–Crippen LogP) is 3.73. The monoisotopic (exact) mass is 348 g/mol. The van der Waals surface area contributed by atoms with Crippen molar-refractivity contribution in [3.05, 3.63) is 65.7 Å². The van der Waals surface area contributed by atoms with Gasteiger partial charge in [-0.05, 0) is 49.2 Å². The molecule has 0 spiro atoms. The van der Waals surface area contributed by atoms with Crippen molar-refractivity contribution in [3.8, 4) is 17.6 Å². The molecular weight excluding hydrogens is 332 g/mol. The Labute approximate surface area is 150 Å². The van der Waals surface area contributed by atoms with Crippen LogP contribution in [-0.2, 0) is 9.59 Å². The van der Waals surface area contributed by atoms with Crippen molar-refractivity contribution in [1.29, 1.82) is 5.26 Å². The van der Waals surface area contributed by atoms with Gasteiger partial charge in [0.05, 0.1) is 12.0 Å². The number of carbonyl (C=O) groups excluding carboxylic acids is 1. The van der Waals surface area contributed by atoms with Crippen molar-refractivity contribution < 1.29 is 19.4 Å². The van der Waals surface area contributed by atoms with Gasteiger partial charge in [0.2, 0.25) is 0 Å². The minimum Gasteiger partial charge on any atom is -0.478 e. The smallest absolute Gasteiger partial charge is 0.332 e. The fourth-order valence-electron chi connectivity index (χ4n) is 2.85. The van der Waals surface area contributed by atoms with E-state index in [4.69, 9.17) is 10.00 Å². The second-order valence-electron chi connectivity index (χ2n) is 5.81. The maximum Gasteiger partial charge on any atom is 0.332 e. The number of anilines is 1. The van der Waals surface area contributed by atoms with E-state index >= 15 is 0 Å². The average Bonchev–Trinajstić information content (AvgIpc) is 3.09. The molecular formula is C20H16N2O4. The van der Waals surface area contributed by atoms with Crippen LogP contribution in [0.4, 0.5) is 5.69 Å². The molecule has 6 nitrogen and oxygen atoms in total. The van der Waals surface area contributed by atoms with Gasteiger partial charge in [-0.15, -0.1) is 0 Å². The molecule has 0 saturated carbocycles. The molecule has 0 bridgehead atoms. The number of aliphatic carboxylic acids is 1. The number of carboxylic acid groups (broad SMARTS) is 1. The minimum absolute atomic E-state index is 0.0121. The van der Waals surface area contributed by atoms with Crippen molar-refractivity contribution in [2.45, 2.75) is 12.8 Å². The van der Waals surface area contributed by atoms with E-state index in [2.05, 4.69) is 5.32 Å². The summed E-state index contributed by atoms with van der Waals surface area (Å²) in [7, 11) is 0. The molecule has 26 heavy (non-hydrogen) atoms. The van der Waals surface area contributed by atoms with Gasteiger partial charge in [-0.2, -0.15) is 5.26 Å². The zero-order chi connectivity index (χ0) is 18.5. The Bertz CT molecular complexity index is 896. The zero-order valence-corrected chi connectivity index (χ0v) is 13.8. The third-order valence-corrected chi connectivity index (χ3v) is 4.11. The van der Waals surface area contributed by atoms with E-state index < -0.39 is 17.8 Å². The van der Waals surface area contributed by atoms with E-state index in [9.17, 15) is 14.7 Å². The minimum atomic E-state index is -1.15. The van der Waals surface area contributed by atoms with E-state index in [1.54, 1.807) is 24.3 Å². The molecule has 1 unspecified atom stereocenters. The molecule has 0 fully saturated rings. The quantitative estimate of drug-likeness (QED) is 0.857. The number of carbonyl (C=O) groups is 2. The molecule has 2 aromatic carbocycles. The van der Waals surface area contributed by atoms with Crippen LogP contribution in [0.25, 0.3) is 0 Å². The Kier molecular flexibility index (Phi) is 4.99. The molecule has 3 rings (SSSR count). The van der Waals surface area contributed by atoms with Crippen LogP contribution >= 0.6 is 0 Å². The standard InChI is InChI=1S/C20H16N2O4/c21-12-13-6-11-17(20(24)25)18(13)19(23)22-14-7-9-16(10-8-14)26-15-4-2-1-3-5-15/h1-5,7-10,13H,6,11H2,(H,22,23)(H,24,25). The number of rotatable bonds is 5. The third kappa shape index (κ3) is 3.73.